The van der Waals surface area contributed by atoms with Crippen LogP contribution in [0.2, 0.25) is 5.02 Å². The van der Waals surface area contributed by atoms with Crippen molar-refractivity contribution in [1.82, 2.24) is 0 Å². The Bertz CT molecular complexity index is 1130. The number of hydrogen-bond acceptors (Lipinski definition) is 6. The summed E-state index contributed by atoms with van der Waals surface area (Å²) in [6, 6.07) is 18.1. The molecule has 0 unspecified atom stereocenters. The lowest BCUT2D eigenvalue weighted by Crippen LogP contribution is -2.09. The molecular weight excluding hydrogens is 416 g/mol. The van der Waals surface area contributed by atoms with Gasteiger partial charge in [0.05, 0.1) is 17.5 Å². The first-order valence-electron chi connectivity index (χ1n) is 8.26. The van der Waals surface area contributed by atoms with Gasteiger partial charge in [0, 0.05) is 5.02 Å². The van der Waals surface area contributed by atoms with Gasteiger partial charge in [-0.15, -0.1) is 0 Å². The minimum absolute atomic E-state index is 0.00524. The van der Waals surface area contributed by atoms with Crippen molar-refractivity contribution in [3.05, 3.63) is 88.9 Å². The van der Waals surface area contributed by atoms with Crippen LogP contribution in [-0.2, 0) is 10.1 Å². The van der Waals surface area contributed by atoms with Crippen LogP contribution in [0.3, 0.4) is 0 Å². The number of nitrogens with zero attached hydrogens (tertiary/aromatic N) is 1. The first-order chi connectivity index (χ1) is 13.8. The Morgan fingerprint density at radius 1 is 0.966 bits per heavy atom. The summed E-state index contributed by atoms with van der Waals surface area (Å²) >= 11 is 5.76. The van der Waals surface area contributed by atoms with Crippen molar-refractivity contribution in [1.29, 1.82) is 0 Å². The average Bonchev–Trinajstić information content (AvgIpc) is 2.70. The van der Waals surface area contributed by atoms with Crippen LogP contribution >= 0.6 is 11.6 Å². The quantitative estimate of drug-likeness (QED) is 0.330. The van der Waals surface area contributed by atoms with Gasteiger partial charge >= 0.3 is 16.1 Å². The van der Waals surface area contributed by atoms with Gasteiger partial charge in [-0.2, -0.15) is 13.5 Å². The van der Waals surface area contributed by atoms with E-state index in [9.17, 15) is 13.2 Å². The van der Waals surface area contributed by atoms with Crippen molar-refractivity contribution >= 4 is 39.6 Å². The highest BCUT2D eigenvalue weighted by Crippen LogP contribution is 2.20. The Morgan fingerprint density at radius 2 is 1.59 bits per heavy atom. The monoisotopic (exact) mass is 430 g/mol. The van der Waals surface area contributed by atoms with Gasteiger partial charge in [-0.05, 0) is 78.4 Å². The SMILES string of the molecule is O=C(O)c1ccc(N/N=C\c2ccc(OS(=O)(=O)c3ccc(Cl)cc3)cc2)cc1. The topological polar surface area (TPSA) is 105 Å². The molecule has 0 aliphatic carbocycles. The van der Waals surface area contributed by atoms with E-state index in [1.54, 1.807) is 24.3 Å². The molecule has 0 aromatic heterocycles. The highest BCUT2D eigenvalue weighted by molar-refractivity contribution is 7.87. The third-order valence-electron chi connectivity index (χ3n) is 3.73. The summed E-state index contributed by atoms with van der Waals surface area (Å²) in [5, 5.41) is 13.3. The maximum atomic E-state index is 12.3. The summed E-state index contributed by atoms with van der Waals surface area (Å²) in [5.74, 6) is -0.838. The standard InChI is InChI=1S/C20H15ClN2O5S/c21-16-5-11-19(12-6-16)29(26,27)28-18-9-1-14(2-10-18)13-22-23-17-7-3-15(4-8-17)20(24)25/h1-13,23H,(H,24,25)/b22-13-. The largest absolute Gasteiger partial charge is 0.478 e. The maximum absolute atomic E-state index is 12.3. The first kappa shape index (κ1) is 20.4. The third-order valence-corrected chi connectivity index (χ3v) is 5.24. The van der Waals surface area contributed by atoms with E-state index < -0.39 is 16.1 Å². The third kappa shape index (κ3) is 5.56. The predicted octanol–water partition coefficient (Wildman–Crippen LogP) is 4.25. The van der Waals surface area contributed by atoms with Gasteiger partial charge in [-0.3, -0.25) is 5.43 Å². The molecule has 0 amide bonds. The lowest BCUT2D eigenvalue weighted by molar-refractivity contribution is 0.0697. The minimum atomic E-state index is -3.95. The molecule has 2 N–H and O–H groups in total. The van der Waals surface area contributed by atoms with E-state index in [1.165, 1.54) is 54.7 Å². The van der Waals surface area contributed by atoms with Gasteiger partial charge in [0.25, 0.3) is 0 Å². The Hall–Kier alpha value is -3.36. The lowest BCUT2D eigenvalue weighted by atomic mass is 10.2. The molecule has 7 nitrogen and oxygen atoms in total. The molecule has 0 bridgehead atoms. The molecule has 0 spiro atoms. The normalized spacial score (nSPS) is 11.3. The van der Waals surface area contributed by atoms with Gasteiger partial charge in [-0.1, -0.05) is 11.6 Å². The molecule has 0 radical (unpaired) electrons. The number of carboxylic acid groups (broad SMARTS) is 1. The van der Waals surface area contributed by atoms with Crippen LogP contribution in [-0.4, -0.2) is 25.7 Å². The van der Waals surface area contributed by atoms with E-state index in [2.05, 4.69) is 10.5 Å². The van der Waals surface area contributed by atoms with Crippen molar-refractivity contribution in [3.8, 4) is 5.75 Å². The Kier molecular flexibility index (Phi) is 6.16. The van der Waals surface area contributed by atoms with Crippen molar-refractivity contribution in [2.24, 2.45) is 5.10 Å². The highest BCUT2D eigenvalue weighted by Gasteiger charge is 2.16. The van der Waals surface area contributed by atoms with Crippen molar-refractivity contribution in [2.75, 3.05) is 5.43 Å². The molecule has 9 heteroatoms. The van der Waals surface area contributed by atoms with Gasteiger partial charge in [0.15, 0.2) is 0 Å². The van der Waals surface area contributed by atoms with E-state index in [1.807, 2.05) is 0 Å². The molecule has 0 atom stereocenters. The Labute approximate surface area is 172 Å². The fourth-order valence-electron chi connectivity index (χ4n) is 2.25. The van der Waals surface area contributed by atoms with Crippen LogP contribution in [0.5, 0.6) is 5.75 Å². The van der Waals surface area contributed by atoms with Crippen LogP contribution in [0, 0.1) is 0 Å². The second-order valence-corrected chi connectivity index (χ2v) is 7.80. The number of rotatable bonds is 7. The van der Waals surface area contributed by atoms with Gasteiger partial charge in [-0.25, -0.2) is 4.79 Å². The summed E-state index contributed by atoms with van der Waals surface area (Å²) in [4.78, 5) is 10.8. The van der Waals surface area contributed by atoms with E-state index >= 15 is 0 Å². The number of carboxylic acids is 1. The Balaban J connectivity index is 1.61. The molecule has 0 fully saturated rings. The summed E-state index contributed by atoms with van der Waals surface area (Å²) in [6.07, 6.45) is 1.53. The van der Waals surface area contributed by atoms with Crippen LogP contribution in [0.15, 0.2) is 82.8 Å². The van der Waals surface area contributed by atoms with Crippen molar-refractivity contribution in [3.63, 3.8) is 0 Å². The van der Waals surface area contributed by atoms with E-state index in [0.717, 1.165) is 0 Å². The number of aromatic carboxylic acids is 1. The molecule has 3 rings (SSSR count). The molecule has 0 heterocycles. The number of anilines is 1. The van der Waals surface area contributed by atoms with E-state index in [4.69, 9.17) is 20.9 Å². The maximum Gasteiger partial charge on any atom is 0.339 e. The summed E-state index contributed by atoms with van der Waals surface area (Å²) in [6.45, 7) is 0. The van der Waals surface area contributed by atoms with Crippen molar-refractivity contribution < 1.29 is 22.5 Å². The molecule has 3 aromatic rings. The number of hydrazone groups is 1. The fourth-order valence-corrected chi connectivity index (χ4v) is 3.31. The molecule has 3 aromatic carbocycles. The van der Waals surface area contributed by atoms with Gasteiger partial charge in [0.1, 0.15) is 10.6 Å². The minimum Gasteiger partial charge on any atom is -0.478 e. The molecule has 0 saturated carbocycles. The molecular formula is C20H15ClN2O5S. The second kappa shape index (κ2) is 8.76. The zero-order valence-corrected chi connectivity index (χ0v) is 16.4. The molecule has 148 valence electrons. The smallest absolute Gasteiger partial charge is 0.339 e. The lowest BCUT2D eigenvalue weighted by Gasteiger charge is -2.07. The number of benzene rings is 3. The van der Waals surface area contributed by atoms with Crippen LogP contribution in [0.4, 0.5) is 5.69 Å². The summed E-state index contributed by atoms with van der Waals surface area (Å²) in [7, 11) is -3.95. The van der Waals surface area contributed by atoms with E-state index in [0.29, 0.717) is 16.3 Å². The molecule has 0 aliphatic heterocycles. The van der Waals surface area contributed by atoms with Gasteiger partial charge in [0.2, 0.25) is 0 Å². The van der Waals surface area contributed by atoms with Crippen LogP contribution in [0.1, 0.15) is 15.9 Å². The number of carbonyl (C=O) groups is 1. The zero-order valence-electron chi connectivity index (χ0n) is 14.8. The first-order valence-corrected chi connectivity index (χ1v) is 10.0. The number of halogens is 1. The summed E-state index contributed by atoms with van der Waals surface area (Å²) < 4.78 is 29.6. The Morgan fingerprint density at radius 3 is 2.17 bits per heavy atom. The van der Waals surface area contributed by atoms with Crippen LogP contribution in [0.25, 0.3) is 0 Å². The number of nitrogens with one attached hydrogen (secondary N) is 1. The highest BCUT2D eigenvalue weighted by atomic mass is 35.5. The van der Waals surface area contributed by atoms with E-state index in [-0.39, 0.29) is 16.2 Å². The fraction of sp³-hybridized carbons (Fsp3) is 0. The molecule has 0 saturated heterocycles. The second-order valence-electron chi connectivity index (χ2n) is 5.81. The molecule has 29 heavy (non-hydrogen) atoms. The number of hydrogen-bond donors (Lipinski definition) is 2. The predicted molar refractivity (Wildman–Crippen MR) is 110 cm³/mol. The summed E-state index contributed by atoms with van der Waals surface area (Å²) in [5.41, 5.74) is 4.29. The average molecular weight is 431 g/mol. The van der Waals surface area contributed by atoms with Crippen molar-refractivity contribution in [2.45, 2.75) is 4.90 Å². The zero-order chi connectivity index (χ0) is 20.9. The molecule has 0 aliphatic rings. The van der Waals surface area contributed by atoms with Gasteiger partial charge < -0.3 is 9.29 Å². The van der Waals surface area contributed by atoms with Crippen LogP contribution < -0.4 is 9.61 Å².